The van der Waals surface area contributed by atoms with E-state index in [0.29, 0.717) is 24.0 Å². The van der Waals surface area contributed by atoms with Gasteiger partial charge in [0.25, 0.3) is 5.69 Å². The lowest BCUT2D eigenvalue weighted by molar-refractivity contribution is -0.385. The fourth-order valence-corrected chi connectivity index (χ4v) is 2.64. The van der Waals surface area contributed by atoms with Gasteiger partial charge in [0, 0.05) is 38.7 Å². The van der Waals surface area contributed by atoms with Gasteiger partial charge in [-0.1, -0.05) is 6.07 Å². The second-order valence-electron chi connectivity index (χ2n) is 4.93. The molecular weight excluding hydrogens is 326 g/mol. The molecule has 0 bridgehead atoms. The summed E-state index contributed by atoms with van der Waals surface area (Å²) in [6.45, 7) is 1.23. The number of benzene rings is 1. The fraction of sp³-hybridized carbons (Fsp3) is 0.462. The van der Waals surface area contributed by atoms with Gasteiger partial charge in [0.05, 0.1) is 9.40 Å². The Hall–Kier alpha value is -1.47. The van der Waals surface area contributed by atoms with Crippen LogP contribution in [0.15, 0.2) is 22.7 Å². The van der Waals surface area contributed by atoms with Crippen LogP contribution in [-0.4, -0.2) is 35.4 Å². The van der Waals surface area contributed by atoms with Crippen molar-refractivity contribution in [1.82, 2.24) is 10.2 Å². The highest BCUT2D eigenvalue weighted by atomic mass is 79.9. The highest BCUT2D eigenvalue weighted by molar-refractivity contribution is 9.10. The van der Waals surface area contributed by atoms with Crippen molar-refractivity contribution >= 4 is 27.5 Å². The molecule has 0 aliphatic carbocycles. The first-order valence-electron chi connectivity index (χ1n) is 6.37. The fourth-order valence-electron chi connectivity index (χ4n) is 2.25. The number of nitro groups is 1. The van der Waals surface area contributed by atoms with E-state index in [1.165, 1.54) is 0 Å². The Morgan fingerprint density at radius 1 is 1.55 bits per heavy atom. The van der Waals surface area contributed by atoms with Gasteiger partial charge in [0.1, 0.15) is 0 Å². The number of hydrogen-bond acceptors (Lipinski definition) is 4. The molecule has 0 spiro atoms. The van der Waals surface area contributed by atoms with Gasteiger partial charge in [-0.25, -0.2) is 0 Å². The van der Waals surface area contributed by atoms with Crippen LogP contribution in [0.25, 0.3) is 0 Å². The average molecular weight is 342 g/mol. The highest BCUT2D eigenvalue weighted by Crippen LogP contribution is 2.25. The monoisotopic (exact) mass is 341 g/mol. The minimum Gasteiger partial charge on any atom is -0.344 e. The number of carbonyl (C=O) groups is 1. The van der Waals surface area contributed by atoms with Gasteiger partial charge in [-0.05, 0) is 34.0 Å². The van der Waals surface area contributed by atoms with Crippen LogP contribution < -0.4 is 5.32 Å². The van der Waals surface area contributed by atoms with Crippen LogP contribution in [-0.2, 0) is 11.3 Å². The van der Waals surface area contributed by atoms with Crippen molar-refractivity contribution < 1.29 is 9.72 Å². The molecule has 7 heteroatoms. The van der Waals surface area contributed by atoms with E-state index in [1.54, 1.807) is 24.1 Å². The molecular formula is C13H16BrN3O3. The van der Waals surface area contributed by atoms with Crippen LogP contribution in [0.5, 0.6) is 0 Å². The van der Waals surface area contributed by atoms with Crippen molar-refractivity contribution in [2.75, 3.05) is 13.6 Å². The number of likely N-dealkylation sites (N-methyl/N-ethyl adjacent to an activating group) is 1. The molecule has 1 unspecified atom stereocenters. The van der Waals surface area contributed by atoms with Crippen LogP contribution >= 0.6 is 15.9 Å². The summed E-state index contributed by atoms with van der Waals surface area (Å²) >= 11 is 3.17. The molecule has 1 aliphatic heterocycles. The lowest BCUT2D eigenvalue weighted by atomic mass is 10.1. The van der Waals surface area contributed by atoms with Crippen molar-refractivity contribution in [3.8, 4) is 0 Å². The molecule has 0 saturated carbocycles. The summed E-state index contributed by atoms with van der Waals surface area (Å²) in [7, 11) is 1.79. The molecule has 1 atom stereocenters. The Balaban J connectivity index is 1.96. The summed E-state index contributed by atoms with van der Waals surface area (Å²) in [4.78, 5) is 23.6. The van der Waals surface area contributed by atoms with E-state index < -0.39 is 4.92 Å². The Bertz CT molecular complexity index is 536. The third kappa shape index (κ3) is 3.55. The quantitative estimate of drug-likeness (QED) is 0.671. The van der Waals surface area contributed by atoms with Crippen LogP contribution in [0, 0.1) is 10.1 Å². The van der Waals surface area contributed by atoms with Gasteiger partial charge in [-0.3, -0.25) is 14.9 Å². The smallest absolute Gasteiger partial charge is 0.283 e. The predicted molar refractivity (Wildman–Crippen MR) is 78.3 cm³/mol. The van der Waals surface area contributed by atoms with Crippen LogP contribution in [0.1, 0.15) is 18.4 Å². The number of likely N-dealkylation sites (tertiary alicyclic amines) is 1. The number of piperidine rings is 1. The van der Waals surface area contributed by atoms with E-state index >= 15 is 0 Å². The van der Waals surface area contributed by atoms with Crippen molar-refractivity contribution in [3.63, 3.8) is 0 Å². The maximum atomic E-state index is 11.4. The maximum Gasteiger partial charge on any atom is 0.283 e. The average Bonchev–Trinajstić information content (AvgIpc) is 2.41. The lowest BCUT2D eigenvalue weighted by Gasteiger charge is -2.30. The summed E-state index contributed by atoms with van der Waals surface area (Å²) in [5.74, 6) is 0.169. The Morgan fingerprint density at radius 2 is 2.30 bits per heavy atom. The normalized spacial score (nSPS) is 19.2. The molecule has 0 aromatic heterocycles. The zero-order valence-corrected chi connectivity index (χ0v) is 12.7. The van der Waals surface area contributed by atoms with Gasteiger partial charge in [0.2, 0.25) is 5.91 Å². The minimum absolute atomic E-state index is 0.0697. The van der Waals surface area contributed by atoms with Gasteiger partial charge >= 0.3 is 0 Å². The molecule has 20 heavy (non-hydrogen) atoms. The second kappa shape index (κ2) is 6.32. The summed E-state index contributed by atoms with van der Waals surface area (Å²) in [6.07, 6.45) is 1.36. The molecule has 1 heterocycles. The molecule has 1 aromatic carbocycles. The zero-order chi connectivity index (χ0) is 14.7. The van der Waals surface area contributed by atoms with E-state index in [-0.39, 0.29) is 17.6 Å². The number of carbonyl (C=O) groups excluding carboxylic acids is 1. The standard InChI is InChI=1S/C13H16BrN3O3/c1-16-8-10(3-5-13(16)18)15-7-9-2-4-11(14)12(6-9)17(19)20/h2,4,6,10,15H,3,5,7-8H2,1H3. The number of rotatable bonds is 4. The Labute approximate surface area is 125 Å². The summed E-state index contributed by atoms with van der Waals surface area (Å²) < 4.78 is 0.481. The van der Waals surface area contributed by atoms with Gasteiger partial charge in [-0.15, -0.1) is 0 Å². The van der Waals surface area contributed by atoms with Gasteiger partial charge < -0.3 is 10.2 Å². The van der Waals surface area contributed by atoms with Crippen molar-refractivity contribution in [2.24, 2.45) is 0 Å². The molecule has 1 fully saturated rings. The number of nitrogens with one attached hydrogen (secondary N) is 1. The van der Waals surface area contributed by atoms with Crippen molar-refractivity contribution in [2.45, 2.75) is 25.4 Å². The maximum absolute atomic E-state index is 11.4. The van der Waals surface area contributed by atoms with E-state index in [9.17, 15) is 14.9 Å². The summed E-state index contributed by atoms with van der Waals surface area (Å²) in [5.41, 5.74) is 0.930. The molecule has 2 rings (SSSR count). The highest BCUT2D eigenvalue weighted by Gasteiger charge is 2.22. The van der Waals surface area contributed by atoms with E-state index in [0.717, 1.165) is 12.0 Å². The second-order valence-corrected chi connectivity index (χ2v) is 5.79. The largest absolute Gasteiger partial charge is 0.344 e. The number of nitrogens with zero attached hydrogens (tertiary/aromatic N) is 2. The third-order valence-corrected chi connectivity index (χ3v) is 4.10. The molecule has 108 valence electrons. The first-order chi connectivity index (χ1) is 9.47. The molecule has 1 N–H and O–H groups in total. The number of halogens is 1. The van der Waals surface area contributed by atoms with Crippen molar-refractivity contribution in [3.05, 3.63) is 38.3 Å². The Kier molecular flexibility index (Phi) is 4.72. The first-order valence-corrected chi connectivity index (χ1v) is 7.17. The molecule has 1 aliphatic rings. The van der Waals surface area contributed by atoms with Crippen LogP contribution in [0.4, 0.5) is 5.69 Å². The SMILES string of the molecule is CN1CC(NCc2ccc(Br)c([N+](=O)[O-])c2)CCC1=O. The van der Waals surface area contributed by atoms with Gasteiger partial charge in [-0.2, -0.15) is 0 Å². The van der Waals surface area contributed by atoms with Gasteiger partial charge in [0.15, 0.2) is 0 Å². The molecule has 1 amide bonds. The molecule has 6 nitrogen and oxygen atoms in total. The van der Waals surface area contributed by atoms with Crippen LogP contribution in [0.3, 0.4) is 0 Å². The van der Waals surface area contributed by atoms with Crippen molar-refractivity contribution in [1.29, 1.82) is 0 Å². The van der Waals surface area contributed by atoms with E-state index in [1.807, 2.05) is 6.07 Å². The summed E-state index contributed by atoms with van der Waals surface area (Å²) in [6, 6.07) is 5.34. The summed E-state index contributed by atoms with van der Waals surface area (Å²) in [5, 5.41) is 14.2. The molecule has 1 aromatic rings. The van der Waals surface area contributed by atoms with E-state index in [4.69, 9.17) is 0 Å². The van der Waals surface area contributed by atoms with E-state index in [2.05, 4.69) is 21.2 Å². The zero-order valence-electron chi connectivity index (χ0n) is 11.1. The molecule has 1 saturated heterocycles. The minimum atomic E-state index is -0.402. The first kappa shape index (κ1) is 14.9. The topological polar surface area (TPSA) is 75.5 Å². The lowest BCUT2D eigenvalue weighted by Crippen LogP contribution is -2.46. The number of nitro benzene ring substituents is 1. The van der Waals surface area contributed by atoms with Crippen LogP contribution in [0.2, 0.25) is 0 Å². The predicted octanol–water partition coefficient (Wildman–Crippen LogP) is 2.07. The Morgan fingerprint density at radius 3 is 2.95 bits per heavy atom. The number of amides is 1. The third-order valence-electron chi connectivity index (χ3n) is 3.43. The molecule has 0 radical (unpaired) electrons. The number of hydrogen-bond donors (Lipinski definition) is 1.